The standard InChI is InChI=1S/3Al.H2O2.9H/c;;;1-2;;;;;;;;;/h;;;1-2H;;;;;;;;;. The Kier molecular flexibility index (Phi) is 306. The van der Waals surface area contributed by atoms with Crippen LogP contribution in [0, 0.1) is 0 Å². The fraction of sp³-hybridized carbons (Fsp3) is 0. The highest BCUT2D eigenvalue weighted by Crippen LogP contribution is 0.711. The van der Waals surface area contributed by atoms with E-state index in [1.54, 1.807) is 0 Å². The third kappa shape index (κ3) is 29.6. The zero-order valence-electron chi connectivity index (χ0n) is 0.894. The molecular weight excluding hydrogens is 113 g/mol. The zero-order chi connectivity index (χ0) is 2.00. The molecule has 0 spiro atoms. The van der Waals surface area contributed by atoms with E-state index in [9.17, 15) is 0 Å². The Bertz CT molecular complexity index is 4.85. The lowest BCUT2D eigenvalue weighted by molar-refractivity contribution is -0.176. The third-order valence-corrected chi connectivity index (χ3v) is 0. The number of hydrogen-bond acceptors (Lipinski definition) is 2. The molecular formula is H11Al3O2. The van der Waals surface area contributed by atoms with Gasteiger partial charge < -0.3 is 0 Å². The van der Waals surface area contributed by atoms with Crippen molar-refractivity contribution in [2.75, 3.05) is 0 Å². The fourth-order valence-electron chi connectivity index (χ4n) is 0. The molecule has 0 aromatic heterocycles. The monoisotopic (exact) mass is 124 g/mol. The van der Waals surface area contributed by atoms with Crippen LogP contribution in [-0.2, 0) is 0 Å². The lowest BCUT2D eigenvalue weighted by Gasteiger charge is -1.25. The van der Waals surface area contributed by atoms with Crippen molar-refractivity contribution < 1.29 is 10.5 Å². The van der Waals surface area contributed by atoms with Crippen molar-refractivity contribution in [3.8, 4) is 0 Å². The normalized spacial score (nSPS) is 1.20. The summed E-state index contributed by atoms with van der Waals surface area (Å²) in [5, 5.41) is 12.0. The molecule has 0 aliphatic rings. The van der Waals surface area contributed by atoms with Crippen LogP contribution >= 0.6 is 0 Å². The molecule has 0 rings (SSSR count). The summed E-state index contributed by atoms with van der Waals surface area (Å²) in [6.45, 7) is 0. The van der Waals surface area contributed by atoms with Crippen molar-refractivity contribution in [2.24, 2.45) is 0 Å². The molecule has 5 heavy (non-hydrogen) atoms. The average Bonchev–Trinajstić information content (AvgIpc) is 1.00. The van der Waals surface area contributed by atoms with Crippen LogP contribution in [-0.4, -0.2) is 62.6 Å². The Morgan fingerprint density at radius 2 is 0.600 bits per heavy atom. The highest BCUT2D eigenvalue weighted by molar-refractivity contribution is 5.76. The second-order valence-corrected chi connectivity index (χ2v) is 0. The van der Waals surface area contributed by atoms with Gasteiger partial charge in [0.2, 0.25) is 0 Å². The van der Waals surface area contributed by atoms with E-state index in [2.05, 4.69) is 0 Å². The van der Waals surface area contributed by atoms with Crippen LogP contribution in [0.15, 0.2) is 0 Å². The Morgan fingerprint density at radius 1 is 0.600 bits per heavy atom. The van der Waals surface area contributed by atoms with Crippen LogP contribution in [0.2, 0.25) is 0 Å². The summed E-state index contributed by atoms with van der Waals surface area (Å²) < 4.78 is 0. The van der Waals surface area contributed by atoms with Crippen LogP contribution in [0.3, 0.4) is 0 Å². The smallest absolute Gasteiger partial charge is 0.187 e. The zero-order valence-corrected chi connectivity index (χ0v) is 0.894. The van der Waals surface area contributed by atoms with Crippen molar-refractivity contribution >= 4 is 52.1 Å². The van der Waals surface area contributed by atoms with Gasteiger partial charge in [0.05, 0.1) is 0 Å². The molecule has 2 nitrogen and oxygen atoms in total. The van der Waals surface area contributed by atoms with Crippen LogP contribution in [0.4, 0.5) is 0 Å². The van der Waals surface area contributed by atoms with Gasteiger partial charge in [-0.2, -0.15) is 0 Å². The van der Waals surface area contributed by atoms with Crippen molar-refractivity contribution in [3.05, 3.63) is 0 Å². The van der Waals surface area contributed by atoms with Gasteiger partial charge in [0, 0.05) is 0 Å². The first-order valence-electron chi connectivity index (χ1n) is 0.200. The van der Waals surface area contributed by atoms with Gasteiger partial charge in [0.15, 0.2) is 52.1 Å². The summed E-state index contributed by atoms with van der Waals surface area (Å²) in [5.74, 6) is 0. The molecule has 0 aliphatic heterocycles. The molecule has 0 aromatic carbocycles. The molecule has 0 aromatic rings. The van der Waals surface area contributed by atoms with Gasteiger partial charge in [-0.3, -0.25) is 10.5 Å². The van der Waals surface area contributed by atoms with Gasteiger partial charge in [-0.25, -0.2) is 0 Å². The van der Waals surface area contributed by atoms with E-state index in [4.69, 9.17) is 10.5 Å². The van der Waals surface area contributed by atoms with Gasteiger partial charge in [0.25, 0.3) is 0 Å². The van der Waals surface area contributed by atoms with Gasteiger partial charge in [-0.05, 0) is 0 Å². The van der Waals surface area contributed by atoms with Crippen molar-refractivity contribution in [1.29, 1.82) is 0 Å². The van der Waals surface area contributed by atoms with Crippen LogP contribution in [0.5, 0.6) is 0 Å². The average molecular weight is 124 g/mol. The lowest BCUT2D eigenvalue weighted by atomic mass is 15.0. The quantitative estimate of drug-likeness (QED) is 0.199. The molecule has 0 aliphatic carbocycles. The maximum absolute atomic E-state index is 6.00. The second kappa shape index (κ2) is 48.9. The Hall–Kier alpha value is 1.52. The first-order valence-corrected chi connectivity index (χ1v) is 0.200. The van der Waals surface area contributed by atoms with E-state index in [-0.39, 0.29) is 52.1 Å². The van der Waals surface area contributed by atoms with Gasteiger partial charge >= 0.3 is 0 Å². The van der Waals surface area contributed by atoms with Crippen LogP contribution < -0.4 is 0 Å². The number of hydrogen-bond donors (Lipinski definition) is 2. The predicted molar refractivity (Wildman–Crippen MR) is 35.1 cm³/mol. The summed E-state index contributed by atoms with van der Waals surface area (Å²) in [7, 11) is 0. The Morgan fingerprint density at radius 3 is 0.600 bits per heavy atom. The molecule has 0 heterocycles. The van der Waals surface area contributed by atoms with E-state index in [0.717, 1.165) is 0 Å². The van der Waals surface area contributed by atoms with Crippen molar-refractivity contribution in [3.63, 3.8) is 0 Å². The fourth-order valence-corrected chi connectivity index (χ4v) is 0. The van der Waals surface area contributed by atoms with Crippen LogP contribution in [0.25, 0.3) is 0 Å². The van der Waals surface area contributed by atoms with E-state index in [1.807, 2.05) is 0 Å². The van der Waals surface area contributed by atoms with E-state index in [1.165, 1.54) is 0 Å². The molecule has 5 heteroatoms. The minimum Gasteiger partial charge on any atom is -0.255 e. The van der Waals surface area contributed by atoms with E-state index in [0.29, 0.717) is 0 Å². The van der Waals surface area contributed by atoms with Crippen molar-refractivity contribution in [1.82, 2.24) is 0 Å². The van der Waals surface area contributed by atoms with Gasteiger partial charge in [-0.1, -0.05) is 0 Å². The maximum atomic E-state index is 6.00. The molecule has 0 bridgehead atoms. The van der Waals surface area contributed by atoms with E-state index < -0.39 is 0 Å². The lowest BCUT2D eigenvalue weighted by Crippen LogP contribution is -1.29. The first kappa shape index (κ1) is 31.3. The molecule has 0 saturated heterocycles. The molecule has 0 unspecified atom stereocenters. The van der Waals surface area contributed by atoms with Crippen LogP contribution in [0.1, 0.15) is 0 Å². The number of rotatable bonds is 0. The van der Waals surface area contributed by atoms with E-state index >= 15 is 0 Å². The highest BCUT2D eigenvalue weighted by atomic mass is 27.0. The molecule has 0 atom stereocenters. The minimum absolute atomic E-state index is 0. The minimum atomic E-state index is 0. The Labute approximate surface area is 62.5 Å². The summed E-state index contributed by atoms with van der Waals surface area (Å²) in [6, 6.07) is 0. The molecule has 32 valence electrons. The molecule has 0 fully saturated rings. The third-order valence-electron chi connectivity index (χ3n) is 0. The summed E-state index contributed by atoms with van der Waals surface area (Å²) >= 11 is 0. The maximum Gasteiger partial charge on any atom is 0.187 e. The summed E-state index contributed by atoms with van der Waals surface area (Å²) in [6.07, 6.45) is 0. The first-order chi connectivity index (χ1) is 1.00. The van der Waals surface area contributed by atoms with Gasteiger partial charge in [-0.15, -0.1) is 0 Å². The van der Waals surface area contributed by atoms with Crippen molar-refractivity contribution in [2.45, 2.75) is 0 Å². The summed E-state index contributed by atoms with van der Waals surface area (Å²) in [5.41, 5.74) is 0. The molecule has 0 radical (unpaired) electrons. The second-order valence-electron chi connectivity index (χ2n) is 0. The molecule has 2 N–H and O–H groups in total. The van der Waals surface area contributed by atoms with Gasteiger partial charge in [0.1, 0.15) is 0 Å². The Balaban J connectivity index is -0.00000000167. The molecule has 0 saturated carbocycles. The highest BCUT2D eigenvalue weighted by Gasteiger charge is 0.745. The molecule has 0 amide bonds. The summed E-state index contributed by atoms with van der Waals surface area (Å²) in [4.78, 5) is 0. The predicted octanol–water partition coefficient (Wildman–Crippen LogP) is -3.53. The topological polar surface area (TPSA) is 40.5 Å². The SMILES string of the molecule is OO.[AlH3].[AlH3].[AlH3]. The largest absolute Gasteiger partial charge is 0.255 e.